The van der Waals surface area contributed by atoms with E-state index in [-0.39, 0.29) is 0 Å². The first-order valence-electron chi connectivity index (χ1n) is 6.34. The van der Waals surface area contributed by atoms with Gasteiger partial charge in [0.1, 0.15) is 0 Å². The summed E-state index contributed by atoms with van der Waals surface area (Å²) in [7, 11) is 0. The molecule has 1 saturated carbocycles. The molecule has 3 atom stereocenters. The lowest BCUT2D eigenvalue weighted by molar-refractivity contribution is -0.0312. The summed E-state index contributed by atoms with van der Waals surface area (Å²) >= 11 is 0. The van der Waals surface area contributed by atoms with Gasteiger partial charge in [-0.1, -0.05) is 30.2 Å². The van der Waals surface area contributed by atoms with Crippen LogP contribution in [0.3, 0.4) is 0 Å². The molecule has 0 saturated heterocycles. The third kappa shape index (κ3) is 1.79. The molecule has 3 rings (SSSR count). The number of allylic oxidation sites excluding steroid dienone is 4. The summed E-state index contributed by atoms with van der Waals surface area (Å²) in [5.41, 5.74) is 3.76. The fourth-order valence-electron chi connectivity index (χ4n) is 3.54. The molecule has 0 heterocycles. The first kappa shape index (κ1) is 11.0. The van der Waals surface area contributed by atoms with Crippen molar-refractivity contribution in [2.75, 3.05) is 0 Å². The molecule has 0 unspecified atom stereocenters. The molecule has 0 radical (unpaired) electrons. The van der Waals surface area contributed by atoms with Gasteiger partial charge in [0.2, 0.25) is 0 Å². The van der Waals surface area contributed by atoms with Crippen LogP contribution in [0.5, 0.6) is 0 Å². The summed E-state index contributed by atoms with van der Waals surface area (Å²) < 4.78 is 0. The maximum Gasteiger partial charge on any atom is -0.0146 e. The maximum atomic E-state index is 2.52. The molecule has 2 bridgehead atoms. The van der Waals surface area contributed by atoms with E-state index in [9.17, 15) is 0 Å². The van der Waals surface area contributed by atoms with Crippen molar-refractivity contribution < 1.29 is 0 Å². The van der Waals surface area contributed by atoms with Crippen molar-refractivity contribution >= 4 is 0 Å². The number of hydrogen-bond donors (Lipinski definition) is 0. The van der Waals surface area contributed by atoms with E-state index < -0.39 is 0 Å². The van der Waals surface area contributed by atoms with Crippen molar-refractivity contribution in [2.24, 2.45) is 17.3 Å². The van der Waals surface area contributed by atoms with Gasteiger partial charge in [-0.15, -0.1) is 0 Å². The quantitative estimate of drug-likeness (QED) is 0.583. The first-order valence-corrected chi connectivity index (χ1v) is 6.34. The zero-order chi connectivity index (χ0) is 11.1. The molecular weight excluding hydrogens is 180 g/mol. The highest BCUT2D eigenvalue weighted by molar-refractivity contribution is 5.22. The summed E-state index contributed by atoms with van der Waals surface area (Å²) in [5.74, 6) is 1.89. The van der Waals surface area contributed by atoms with Crippen molar-refractivity contribution in [3.8, 4) is 0 Å². The van der Waals surface area contributed by atoms with E-state index in [1.54, 1.807) is 5.57 Å². The van der Waals surface area contributed by atoms with E-state index >= 15 is 0 Å². The fourth-order valence-corrected chi connectivity index (χ4v) is 3.54. The van der Waals surface area contributed by atoms with E-state index in [1.807, 2.05) is 0 Å². The predicted octanol–water partition coefficient (Wildman–Crippen LogP) is 4.73. The van der Waals surface area contributed by atoms with E-state index in [2.05, 4.69) is 39.8 Å². The van der Waals surface area contributed by atoms with Gasteiger partial charge in [0, 0.05) is 0 Å². The van der Waals surface area contributed by atoms with Gasteiger partial charge < -0.3 is 0 Å². The Bertz CT molecular complexity index is 304. The molecule has 0 aromatic heterocycles. The summed E-state index contributed by atoms with van der Waals surface area (Å²) in [4.78, 5) is 0. The topological polar surface area (TPSA) is 0 Å². The summed E-state index contributed by atoms with van der Waals surface area (Å²) in [6.07, 6.45) is 10.3. The van der Waals surface area contributed by atoms with Crippen LogP contribution in [0.2, 0.25) is 0 Å². The minimum absolute atomic E-state index is 0.630. The minimum atomic E-state index is 0.630. The highest BCUT2D eigenvalue weighted by Crippen LogP contribution is 2.61. The molecule has 0 nitrogen and oxygen atoms in total. The highest BCUT2D eigenvalue weighted by atomic mass is 14.6. The molecule has 0 aromatic rings. The minimum Gasteiger partial charge on any atom is -0.0859 e. The zero-order valence-corrected chi connectivity index (χ0v) is 10.6. The number of fused-ring (bicyclic) bond motifs is 1. The van der Waals surface area contributed by atoms with Crippen LogP contribution in [0, 0.1) is 17.3 Å². The van der Waals surface area contributed by atoms with Crippen LogP contribution in [-0.4, -0.2) is 0 Å². The number of hydrogen-bond acceptors (Lipinski definition) is 0. The predicted molar refractivity (Wildman–Crippen MR) is 66.7 cm³/mol. The lowest BCUT2D eigenvalue weighted by Crippen LogP contribution is -2.49. The van der Waals surface area contributed by atoms with Crippen LogP contribution in [0.4, 0.5) is 0 Å². The Morgan fingerprint density at radius 3 is 2.80 bits per heavy atom. The molecule has 15 heavy (non-hydrogen) atoms. The smallest absolute Gasteiger partial charge is 0.0146 e. The Morgan fingerprint density at radius 2 is 2.27 bits per heavy atom. The molecule has 0 aromatic carbocycles. The highest BCUT2D eigenvalue weighted by Gasteiger charge is 2.52. The molecule has 0 spiro atoms. The zero-order valence-electron chi connectivity index (χ0n) is 10.6. The molecule has 0 N–H and O–H groups in total. The first-order chi connectivity index (χ1) is 7.04. The Labute approximate surface area is 94.5 Å². The molecule has 0 aliphatic heterocycles. The van der Waals surface area contributed by atoms with Crippen LogP contribution in [0.25, 0.3) is 0 Å². The van der Waals surface area contributed by atoms with Crippen molar-refractivity contribution in [1.29, 1.82) is 0 Å². The average molecular weight is 204 g/mol. The van der Waals surface area contributed by atoms with Gasteiger partial charge >= 0.3 is 0 Å². The third-order valence-electron chi connectivity index (χ3n) is 4.76. The molecule has 3 aliphatic rings. The van der Waals surface area contributed by atoms with Crippen LogP contribution in [-0.2, 0) is 0 Å². The monoisotopic (exact) mass is 204 g/mol. The Morgan fingerprint density at radius 1 is 1.53 bits per heavy atom. The molecule has 1 fully saturated rings. The van der Waals surface area contributed by atoms with Gasteiger partial charge in [-0.25, -0.2) is 0 Å². The van der Waals surface area contributed by atoms with Crippen molar-refractivity contribution in [3.63, 3.8) is 0 Å². The summed E-state index contributed by atoms with van der Waals surface area (Å²) in [5, 5.41) is 0. The summed E-state index contributed by atoms with van der Waals surface area (Å²) in [6, 6.07) is 0. The molecule has 84 valence electrons. The van der Waals surface area contributed by atoms with Crippen molar-refractivity contribution in [2.45, 2.75) is 53.4 Å². The van der Waals surface area contributed by atoms with E-state index in [1.165, 1.54) is 31.3 Å². The van der Waals surface area contributed by atoms with Gasteiger partial charge in [0.05, 0.1) is 0 Å². The lowest BCUT2D eigenvalue weighted by atomic mass is 9.47. The van der Waals surface area contributed by atoms with Crippen LogP contribution in [0.15, 0.2) is 23.3 Å². The fraction of sp³-hybridized carbons (Fsp3) is 0.733. The van der Waals surface area contributed by atoms with Crippen LogP contribution < -0.4 is 0 Å². The standard InChI is InChI=1S/C15H24/c1-11(2)6-5-9-15(4)13-8-7-12(3)14(15)10-13/h6-7,13-14H,5,8-10H2,1-4H3/t13-,14+,15-/m0/s1. The van der Waals surface area contributed by atoms with Gasteiger partial charge in [-0.2, -0.15) is 0 Å². The molecule has 0 heteroatoms. The Hall–Kier alpha value is -0.520. The molecular formula is C15H24. The second-order valence-electron chi connectivity index (χ2n) is 6.00. The molecule has 0 amide bonds. The van der Waals surface area contributed by atoms with Gasteiger partial charge in [0.15, 0.2) is 0 Å². The SMILES string of the molecule is CC(C)=CCC[C@@]1(C)[C@H]2CC=C(C)[C@H]1C2. The normalized spacial score (nSPS) is 38.0. The average Bonchev–Trinajstić information content (AvgIpc) is 2.16. The molecule has 3 aliphatic carbocycles. The van der Waals surface area contributed by atoms with Gasteiger partial charge in [0.25, 0.3) is 0 Å². The van der Waals surface area contributed by atoms with Gasteiger partial charge in [-0.05, 0) is 63.7 Å². The Kier molecular flexibility index (Phi) is 2.79. The maximum absolute atomic E-state index is 2.52. The second kappa shape index (κ2) is 3.81. The largest absolute Gasteiger partial charge is 0.0859 e. The van der Waals surface area contributed by atoms with Crippen molar-refractivity contribution in [3.05, 3.63) is 23.3 Å². The number of rotatable bonds is 3. The Balaban J connectivity index is 1.98. The summed E-state index contributed by atoms with van der Waals surface area (Å²) in [6.45, 7) is 9.25. The van der Waals surface area contributed by atoms with E-state index in [0.29, 0.717) is 5.41 Å². The van der Waals surface area contributed by atoms with E-state index in [4.69, 9.17) is 0 Å². The van der Waals surface area contributed by atoms with Crippen LogP contribution in [0.1, 0.15) is 53.4 Å². The van der Waals surface area contributed by atoms with Gasteiger partial charge in [-0.3, -0.25) is 0 Å². The van der Waals surface area contributed by atoms with Crippen molar-refractivity contribution in [1.82, 2.24) is 0 Å². The second-order valence-corrected chi connectivity index (χ2v) is 6.00. The van der Waals surface area contributed by atoms with Crippen LogP contribution >= 0.6 is 0 Å². The third-order valence-corrected chi connectivity index (χ3v) is 4.76. The lowest BCUT2D eigenvalue weighted by Gasteiger charge is -2.58. The van der Waals surface area contributed by atoms with E-state index in [0.717, 1.165) is 11.8 Å².